The fourth-order valence-corrected chi connectivity index (χ4v) is 5.26. The Morgan fingerprint density at radius 2 is 1.51 bits per heavy atom. The summed E-state index contributed by atoms with van der Waals surface area (Å²) in [6, 6.07) is 24.1. The Kier molecular flexibility index (Phi) is 5.48. The minimum Gasteiger partial charge on any atom is -0.350 e. The number of hydrogen-bond donors (Lipinski definition) is 0. The third kappa shape index (κ3) is 3.96. The average molecular weight is 529 g/mol. The molecule has 0 atom stereocenters. The first-order valence-electron chi connectivity index (χ1n) is 12.2. The van der Waals surface area contributed by atoms with Crippen molar-refractivity contribution in [2.45, 2.75) is 6.92 Å². The summed E-state index contributed by atoms with van der Waals surface area (Å²) < 4.78 is 3.74. The number of nitrogens with zero attached hydrogens (tertiary/aromatic N) is 10. The standard InChI is InChI=1S/C28H20N10S/c1-17-23(27-34-35-28(39-27)29-16-20-14-9-15-37(20)2)30-33-26-22-21(18-10-5-3-6-11-18)24(19-12-7-4-8-13-19)31-32-25(22)36-38(17)26/h3-16H,1-2H3/b29-16+. The minimum atomic E-state index is 0.494. The van der Waals surface area contributed by atoms with Gasteiger partial charge in [0.15, 0.2) is 10.7 Å². The quantitative estimate of drug-likeness (QED) is 0.278. The minimum absolute atomic E-state index is 0.494. The topological polar surface area (TPSA) is 112 Å². The number of fused-ring (bicyclic) bond motifs is 3. The zero-order valence-electron chi connectivity index (χ0n) is 21.0. The number of benzene rings is 2. The molecule has 0 N–H and O–H groups in total. The lowest BCUT2D eigenvalue weighted by Gasteiger charge is -2.09. The van der Waals surface area contributed by atoms with E-state index in [0.717, 1.165) is 39.2 Å². The largest absolute Gasteiger partial charge is 0.350 e. The fraction of sp³-hybridized carbons (Fsp3) is 0.0714. The van der Waals surface area contributed by atoms with Gasteiger partial charge in [-0.15, -0.1) is 35.7 Å². The Morgan fingerprint density at radius 3 is 2.26 bits per heavy atom. The first-order chi connectivity index (χ1) is 19.2. The first kappa shape index (κ1) is 23.0. The molecule has 0 radical (unpaired) electrons. The van der Waals surface area contributed by atoms with Crippen molar-refractivity contribution in [1.82, 2.24) is 44.8 Å². The molecule has 11 heteroatoms. The normalized spacial score (nSPS) is 11.7. The zero-order chi connectivity index (χ0) is 26.3. The molecule has 2 aromatic carbocycles. The Labute approximate surface area is 226 Å². The van der Waals surface area contributed by atoms with Crippen LogP contribution in [0.25, 0.3) is 49.8 Å². The van der Waals surface area contributed by atoms with E-state index in [-0.39, 0.29) is 0 Å². The van der Waals surface area contributed by atoms with Gasteiger partial charge in [-0.2, -0.15) is 0 Å². The maximum absolute atomic E-state index is 4.77. The summed E-state index contributed by atoms with van der Waals surface area (Å²) in [7, 11) is 1.96. The molecule has 7 aromatic rings. The van der Waals surface area contributed by atoms with E-state index in [1.165, 1.54) is 11.3 Å². The first-order valence-corrected chi connectivity index (χ1v) is 13.0. The van der Waals surface area contributed by atoms with Crippen LogP contribution in [0.5, 0.6) is 0 Å². The average Bonchev–Trinajstić information content (AvgIpc) is 3.71. The zero-order valence-corrected chi connectivity index (χ0v) is 21.8. The molecule has 5 aromatic heterocycles. The molecule has 5 heterocycles. The number of aromatic nitrogens is 9. The summed E-state index contributed by atoms with van der Waals surface area (Å²) in [5.74, 6) is 0. The summed E-state index contributed by atoms with van der Waals surface area (Å²) in [5, 5.41) is 33.5. The second-order valence-corrected chi connectivity index (χ2v) is 9.87. The van der Waals surface area contributed by atoms with Crippen LogP contribution in [0.2, 0.25) is 0 Å². The Hall–Kier alpha value is -5.16. The maximum Gasteiger partial charge on any atom is 0.232 e. The van der Waals surface area contributed by atoms with Crippen LogP contribution >= 0.6 is 11.3 Å². The monoisotopic (exact) mass is 528 g/mol. The molecule has 0 bridgehead atoms. The van der Waals surface area contributed by atoms with E-state index in [1.54, 1.807) is 10.7 Å². The molecule has 39 heavy (non-hydrogen) atoms. The number of aryl methyl sites for hydroxylation is 2. The molecule has 0 fully saturated rings. The molecular weight excluding hydrogens is 508 g/mol. The molecule has 0 aliphatic carbocycles. The molecule has 188 valence electrons. The van der Waals surface area contributed by atoms with E-state index in [0.29, 0.717) is 27.1 Å². The van der Waals surface area contributed by atoms with Crippen LogP contribution in [-0.2, 0) is 7.05 Å². The van der Waals surface area contributed by atoms with Crippen molar-refractivity contribution in [3.05, 3.63) is 90.4 Å². The Morgan fingerprint density at radius 1 is 0.769 bits per heavy atom. The summed E-state index contributed by atoms with van der Waals surface area (Å²) in [6.45, 7) is 1.94. The van der Waals surface area contributed by atoms with Gasteiger partial charge in [0.05, 0.1) is 23.0 Å². The van der Waals surface area contributed by atoms with Crippen LogP contribution in [0.1, 0.15) is 11.4 Å². The molecule has 7 rings (SSSR count). The van der Waals surface area contributed by atoms with Crippen LogP contribution in [0, 0.1) is 6.92 Å². The summed E-state index contributed by atoms with van der Waals surface area (Å²) in [4.78, 5) is 4.48. The highest BCUT2D eigenvalue weighted by Crippen LogP contribution is 2.38. The van der Waals surface area contributed by atoms with E-state index in [9.17, 15) is 0 Å². The van der Waals surface area contributed by atoms with Crippen LogP contribution in [0.3, 0.4) is 0 Å². The third-order valence-corrected chi connectivity index (χ3v) is 7.33. The van der Waals surface area contributed by atoms with Crippen molar-refractivity contribution in [3.8, 4) is 33.1 Å². The lowest BCUT2D eigenvalue weighted by Crippen LogP contribution is -2.02. The SMILES string of the molecule is Cc1c(-c2nnc(/N=C/c3cccn3C)s2)nnc2c3c(-c4ccccc4)c(-c4ccccc4)nnc3nn12. The van der Waals surface area contributed by atoms with E-state index < -0.39 is 0 Å². The van der Waals surface area contributed by atoms with Gasteiger partial charge in [0.2, 0.25) is 10.8 Å². The van der Waals surface area contributed by atoms with Gasteiger partial charge in [0, 0.05) is 24.4 Å². The number of rotatable bonds is 5. The van der Waals surface area contributed by atoms with Gasteiger partial charge in [-0.3, -0.25) is 0 Å². The molecule has 0 unspecified atom stereocenters. The van der Waals surface area contributed by atoms with Gasteiger partial charge in [-0.1, -0.05) is 72.0 Å². The maximum atomic E-state index is 4.77. The van der Waals surface area contributed by atoms with Crippen molar-refractivity contribution < 1.29 is 0 Å². The number of aliphatic imine (C=N–C) groups is 1. The Balaban J connectivity index is 1.38. The molecular formula is C28H20N10S. The lowest BCUT2D eigenvalue weighted by atomic mass is 9.97. The van der Waals surface area contributed by atoms with Gasteiger partial charge < -0.3 is 4.57 Å². The highest BCUT2D eigenvalue weighted by molar-refractivity contribution is 7.18. The second-order valence-electron chi connectivity index (χ2n) is 8.92. The molecule has 0 saturated heterocycles. The Bertz CT molecular complexity index is 1990. The lowest BCUT2D eigenvalue weighted by molar-refractivity contribution is 0.855. The van der Waals surface area contributed by atoms with Crippen molar-refractivity contribution >= 4 is 39.4 Å². The molecule has 0 spiro atoms. The van der Waals surface area contributed by atoms with Gasteiger partial charge in [0.1, 0.15) is 11.4 Å². The highest BCUT2D eigenvalue weighted by atomic mass is 32.1. The summed E-state index contributed by atoms with van der Waals surface area (Å²) >= 11 is 1.34. The third-order valence-electron chi connectivity index (χ3n) is 6.50. The number of hydrogen-bond acceptors (Lipinski definition) is 9. The summed E-state index contributed by atoms with van der Waals surface area (Å²) in [5.41, 5.74) is 7.06. The molecule has 0 saturated carbocycles. The van der Waals surface area contributed by atoms with E-state index >= 15 is 0 Å². The van der Waals surface area contributed by atoms with Crippen LogP contribution < -0.4 is 0 Å². The fourth-order valence-electron chi connectivity index (χ4n) is 4.53. The highest BCUT2D eigenvalue weighted by Gasteiger charge is 2.23. The van der Waals surface area contributed by atoms with Gasteiger partial charge >= 0.3 is 0 Å². The van der Waals surface area contributed by atoms with Gasteiger partial charge in [-0.05, 0) is 24.6 Å². The molecule has 10 nitrogen and oxygen atoms in total. The predicted molar refractivity (Wildman–Crippen MR) is 151 cm³/mol. The van der Waals surface area contributed by atoms with Crippen molar-refractivity contribution in [2.24, 2.45) is 12.0 Å². The van der Waals surface area contributed by atoms with Crippen molar-refractivity contribution in [1.29, 1.82) is 0 Å². The molecule has 0 aliphatic heterocycles. The summed E-state index contributed by atoms with van der Waals surface area (Å²) in [6.07, 6.45) is 3.73. The molecule has 0 amide bonds. The van der Waals surface area contributed by atoms with Crippen molar-refractivity contribution in [2.75, 3.05) is 0 Å². The van der Waals surface area contributed by atoms with Crippen LogP contribution in [0.4, 0.5) is 5.13 Å². The van der Waals surface area contributed by atoms with Crippen LogP contribution in [0.15, 0.2) is 84.0 Å². The second kappa shape index (κ2) is 9.30. The van der Waals surface area contributed by atoms with Crippen LogP contribution in [-0.4, -0.2) is 51.0 Å². The smallest absolute Gasteiger partial charge is 0.232 e. The predicted octanol–water partition coefficient (Wildman–Crippen LogP) is 5.32. The van der Waals surface area contributed by atoms with E-state index in [1.807, 2.05) is 85.4 Å². The van der Waals surface area contributed by atoms with Gasteiger partial charge in [-0.25, -0.2) is 9.51 Å². The van der Waals surface area contributed by atoms with Crippen molar-refractivity contribution in [3.63, 3.8) is 0 Å². The van der Waals surface area contributed by atoms with E-state index in [4.69, 9.17) is 5.10 Å². The van der Waals surface area contributed by atoms with E-state index in [2.05, 4.69) is 47.7 Å². The molecule has 0 aliphatic rings. The van der Waals surface area contributed by atoms with Gasteiger partial charge in [0.25, 0.3) is 0 Å².